The molecule has 0 aliphatic carbocycles. The predicted octanol–water partition coefficient (Wildman–Crippen LogP) is 3.24. The first-order chi connectivity index (χ1) is 11.6. The molecular formula is C19H19IN2O2. The van der Waals surface area contributed by atoms with Crippen molar-refractivity contribution in [3.8, 4) is 0 Å². The van der Waals surface area contributed by atoms with Crippen LogP contribution in [0.4, 0.5) is 0 Å². The van der Waals surface area contributed by atoms with Crippen LogP contribution in [0.2, 0.25) is 0 Å². The van der Waals surface area contributed by atoms with Gasteiger partial charge in [-0.25, -0.2) is 0 Å². The van der Waals surface area contributed by atoms with E-state index >= 15 is 0 Å². The second kappa shape index (κ2) is 9.22. The summed E-state index contributed by atoms with van der Waals surface area (Å²) in [7, 11) is 0. The van der Waals surface area contributed by atoms with Crippen LogP contribution >= 0.6 is 22.6 Å². The molecule has 0 unspecified atom stereocenters. The number of amides is 2. The van der Waals surface area contributed by atoms with Gasteiger partial charge in [0.15, 0.2) is 0 Å². The molecule has 0 radical (unpaired) electrons. The van der Waals surface area contributed by atoms with Crippen molar-refractivity contribution in [2.75, 3.05) is 13.1 Å². The zero-order valence-electron chi connectivity index (χ0n) is 13.2. The topological polar surface area (TPSA) is 49.4 Å². The molecule has 24 heavy (non-hydrogen) atoms. The van der Waals surface area contributed by atoms with Crippen LogP contribution in [0.15, 0.2) is 67.3 Å². The molecule has 0 atom stereocenters. The molecule has 0 heterocycles. The Balaban J connectivity index is 1.96. The molecule has 0 saturated heterocycles. The van der Waals surface area contributed by atoms with Crippen LogP contribution < -0.4 is 5.32 Å². The van der Waals surface area contributed by atoms with E-state index in [1.54, 1.807) is 23.1 Å². The Bertz CT molecular complexity index is 716. The molecule has 0 aliphatic heterocycles. The van der Waals surface area contributed by atoms with Gasteiger partial charge in [0, 0.05) is 16.7 Å². The first-order valence-electron chi connectivity index (χ1n) is 7.57. The summed E-state index contributed by atoms with van der Waals surface area (Å²) in [5.41, 5.74) is 1.61. The van der Waals surface area contributed by atoms with Gasteiger partial charge in [-0.15, -0.1) is 6.58 Å². The number of nitrogens with one attached hydrogen (secondary N) is 1. The second-order valence-corrected chi connectivity index (χ2v) is 6.37. The summed E-state index contributed by atoms with van der Waals surface area (Å²) < 4.78 is 0.854. The maximum Gasteiger partial charge on any atom is 0.252 e. The van der Waals surface area contributed by atoms with E-state index in [0.717, 1.165) is 9.13 Å². The molecular weight excluding hydrogens is 415 g/mol. The van der Waals surface area contributed by atoms with E-state index in [1.165, 1.54) is 0 Å². The molecule has 2 aromatic rings. The molecule has 4 nitrogen and oxygen atoms in total. The third-order valence-corrected chi connectivity index (χ3v) is 4.38. The number of hydrogen-bond donors (Lipinski definition) is 1. The van der Waals surface area contributed by atoms with E-state index in [4.69, 9.17) is 0 Å². The number of rotatable bonds is 7. The third-order valence-electron chi connectivity index (χ3n) is 3.44. The van der Waals surface area contributed by atoms with Crippen LogP contribution in [0.25, 0.3) is 0 Å². The molecule has 2 rings (SSSR count). The summed E-state index contributed by atoms with van der Waals surface area (Å²) in [6.07, 6.45) is 1.68. The zero-order valence-corrected chi connectivity index (χ0v) is 15.4. The van der Waals surface area contributed by atoms with Crippen LogP contribution in [0.3, 0.4) is 0 Å². The average Bonchev–Trinajstić information content (AvgIpc) is 2.60. The van der Waals surface area contributed by atoms with Crippen molar-refractivity contribution in [2.45, 2.75) is 6.54 Å². The summed E-state index contributed by atoms with van der Waals surface area (Å²) in [6.45, 7) is 4.59. The number of carbonyl (C=O) groups is 2. The minimum Gasteiger partial charge on any atom is -0.343 e. The highest BCUT2D eigenvalue weighted by molar-refractivity contribution is 14.1. The van der Waals surface area contributed by atoms with Gasteiger partial charge in [-0.1, -0.05) is 48.5 Å². The van der Waals surface area contributed by atoms with Crippen molar-refractivity contribution in [3.05, 3.63) is 81.9 Å². The van der Waals surface area contributed by atoms with Gasteiger partial charge >= 0.3 is 0 Å². The fourth-order valence-corrected chi connectivity index (χ4v) is 2.85. The van der Waals surface area contributed by atoms with Crippen LogP contribution in [-0.2, 0) is 11.3 Å². The van der Waals surface area contributed by atoms with Crippen molar-refractivity contribution in [2.24, 2.45) is 0 Å². The van der Waals surface area contributed by atoms with Crippen molar-refractivity contribution in [1.29, 1.82) is 0 Å². The van der Waals surface area contributed by atoms with Crippen LogP contribution in [0, 0.1) is 3.57 Å². The highest BCUT2D eigenvalue weighted by atomic mass is 127. The van der Waals surface area contributed by atoms with E-state index in [0.29, 0.717) is 18.7 Å². The standard InChI is InChI=1S/C19H19IN2O2/c1-2-12-22(14-15-8-4-3-5-9-15)18(23)13-21-19(24)16-10-6-7-11-17(16)20/h2-11H,1,12-14H2,(H,21,24). The molecule has 0 fully saturated rings. The first-order valence-corrected chi connectivity index (χ1v) is 8.65. The molecule has 0 bridgehead atoms. The minimum atomic E-state index is -0.244. The van der Waals surface area contributed by atoms with E-state index in [-0.39, 0.29) is 18.4 Å². The summed E-state index contributed by atoms with van der Waals surface area (Å²) in [5, 5.41) is 2.69. The Kier molecular flexibility index (Phi) is 6.99. The van der Waals surface area contributed by atoms with Crippen LogP contribution in [0.5, 0.6) is 0 Å². The maximum atomic E-state index is 12.4. The largest absolute Gasteiger partial charge is 0.343 e. The summed E-state index contributed by atoms with van der Waals surface area (Å²) >= 11 is 2.10. The highest BCUT2D eigenvalue weighted by Gasteiger charge is 2.15. The number of benzene rings is 2. The van der Waals surface area contributed by atoms with E-state index in [2.05, 4.69) is 34.5 Å². The van der Waals surface area contributed by atoms with Crippen molar-refractivity contribution in [3.63, 3.8) is 0 Å². The molecule has 0 spiro atoms. The van der Waals surface area contributed by atoms with E-state index in [9.17, 15) is 9.59 Å². The van der Waals surface area contributed by atoms with Gasteiger partial charge < -0.3 is 10.2 Å². The smallest absolute Gasteiger partial charge is 0.252 e. The minimum absolute atomic E-state index is 0.0372. The molecule has 124 valence electrons. The van der Waals surface area contributed by atoms with E-state index < -0.39 is 0 Å². The SMILES string of the molecule is C=CCN(Cc1ccccc1)C(=O)CNC(=O)c1ccccc1I. The highest BCUT2D eigenvalue weighted by Crippen LogP contribution is 2.11. The normalized spacial score (nSPS) is 10.0. The van der Waals surface area contributed by atoms with Gasteiger partial charge in [-0.2, -0.15) is 0 Å². The first kappa shape index (κ1) is 18.2. The molecule has 5 heteroatoms. The molecule has 2 aromatic carbocycles. The number of halogens is 1. The molecule has 0 aliphatic rings. The average molecular weight is 434 g/mol. The summed E-state index contributed by atoms with van der Waals surface area (Å²) in [6, 6.07) is 17.0. The Morgan fingerprint density at radius 1 is 1.08 bits per heavy atom. The molecule has 0 aromatic heterocycles. The fourth-order valence-electron chi connectivity index (χ4n) is 2.22. The lowest BCUT2D eigenvalue weighted by molar-refractivity contribution is -0.130. The van der Waals surface area contributed by atoms with Gasteiger partial charge in [-0.3, -0.25) is 9.59 Å². The third kappa shape index (κ3) is 5.19. The van der Waals surface area contributed by atoms with Gasteiger partial charge in [0.25, 0.3) is 5.91 Å². The lowest BCUT2D eigenvalue weighted by atomic mass is 10.2. The van der Waals surface area contributed by atoms with E-state index in [1.807, 2.05) is 42.5 Å². The van der Waals surface area contributed by atoms with Crippen LogP contribution in [0.1, 0.15) is 15.9 Å². The molecule has 1 N–H and O–H groups in total. The van der Waals surface area contributed by atoms with Gasteiger partial charge in [-0.05, 0) is 40.3 Å². The quantitative estimate of drug-likeness (QED) is 0.538. The molecule has 0 saturated carbocycles. The van der Waals surface area contributed by atoms with Gasteiger partial charge in [0.1, 0.15) is 0 Å². The second-order valence-electron chi connectivity index (χ2n) is 5.21. The monoisotopic (exact) mass is 434 g/mol. The van der Waals surface area contributed by atoms with Gasteiger partial charge in [0.05, 0.1) is 12.1 Å². The fraction of sp³-hybridized carbons (Fsp3) is 0.158. The van der Waals surface area contributed by atoms with Crippen molar-refractivity contribution < 1.29 is 9.59 Å². The van der Waals surface area contributed by atoms with Crippen LogP contribution in [-0.4, -0.2) is 29.8 Å². The Morgan fingerprint density at radius 3 is 2.42 bits per heavy atom. The Morgan fingerprint density at radius 2 is 1.75 bits per heavy atom. The zero-order chi connectivity index (χ0) is 17.4. The summed E-state index contributed by atoms with van der Waals surface area (Å²) in [5.74, 6) is -0.385. The van der Waals surface area contributed by atoms with Crippen molar-refractivity contribution >= 4 is 34.4 Å². The van der Waals surface area contributed by atoms with Crippen molar-refractivity contribution in [1.82, 2.24) is 10.2 Å². The Hall–Kier alpha value is -2.15. The lowest BCUT2D eigenvalue weighted by Gasteiger charge is -2.21. The summed E-state index contributed by atoms with van der Waals surface area (Å²) in [4.78, 5) is 26.3. The molecule has 2 amide bonds. The van der Waals surface area contributed by atoms with Gasteiger partial charge in [0.2, 0.25) is 5.91 Å². The number of nitrogens with zero attached hydrogens (tertiary/aromatic N) is 1. The number of carbonyl (C=O) groups excluding carboxylic acids is 2. The lowest BCUT2D eigenvalue weighted by Crippen LogP contribution is -2.40. The number of hydrogen-bond acceptors (Lipinski definition) is 2. The maximum absolute atomic E-state index is 12.4. The predicted molar refractivity (Wildman–Crippen MR) is 104 cm³/mol. The Labute approximate surface area is 155 Å².